The molecule has 0 aromatic carbocycles. The number of carbonyl (C=O) groups excluding carboxylic acids is 1. The van der Waals surface area contributed by atoms with Crippen molar-refractivity contribution in [2.45, 2.75) is 18.6 Å². The van der Waals surface area contributed by atoms with Crippen molar-refractivity contribution >= 4 is 11.7 Å². The quantitative estimate of drug-likeness (QED) is 0.871. The fourth-order valence-corrected chi connectivity index (χ4v) is 1.89. The van der Waals surface area contributed by atoms with Gasteiger partial charge in [-0.05, 0) is 25.0 Å². The van der Waals surface area contributed by atoms with Crippen molar-refractivity contribution in [1.29, 1.82) is 0 Å². The summed E-state index contributed by atoms with van der Waals surface area (Å²) in [4.78, 5) is 16.5. The largest absolute Gasteiger partial charge is 0.417 e. The second-order valence-corrected chi connectivity index (χ2v) is 3.97. The molecule has 1 aromatic heterocycles. The van der Waals surface area contributed by atoms with Gasteiger partial charge in [-0.3, -0.25) is 4.79 Å². The van der Waals surface area contributed by atoms with Crippen LogP contribution in [0.3, 0.4) is 0 Å². The van der Waals surface area contributed by atoms with Crippen LogP contribution in [0.25, 0.3) is 0 Å². The molecular weight excluding hydrogens is 247 g/mol. The number of pyridine rings is 1. The summed E-state index contributed by atoms with van der Waals surface area (Å²) in [6, 6.07) is 1.59. The summed E-state index contributed by atoms with van der Waals surface area (Å²) in [6.07, 6.45) is -1.28. The number of nitrogens with zero attached hydrogens (tertiary/aromatic N) is 2. The lowest BCUT2D eigenvalue weighted by molar-refractivity contribution is -0.137. The molecule has 1 aliphatic rings. The number of halogens is 3. The van der Waals surface area contributed by atoms with Crippen molar-refractivity contribution < 1.29 is 18.0 Å². The third-order valence-electron chi connectivity index (χ3n) is 2.76. The van der Waals surface area contributed by atoms with Gasteiger partial charge in [0.15, 0.2) is 0 Å². The topological polar surface area (TPSA) is 59.2 Å². The van der Waals surface area contributed by atoms with Crippen LogP contribution in [0, 0.1) is 6.42 Å². The van der Waals surface area contributed by atoms with E-state index in [-0.39, 0.29) is 0 Å². The second-order valence-electron chi connectivity index (χ2n) is 3.97. The van der Waals surface area contributed by atoms with Crippen molar-refractivity contribution in [2.24, 2.45) is 5.73 Å². The van der Waals surface area contributed by atoms with E-state index in [1.165, 1.54) is 6.07 Å². The van der Waals surface area contributed by atoms with Gasteiger partial charge in [0.1, 0.15) is 11.9 Å². The van der Waals surface area contributed by atoms with Gasteiger partial charge in [0.2, 0.25) is 5.91 Å². The summed E-state index contributed by atoms with van der Waals surface area (Å²) in [5.41, 5.74) is 4.39. The molecule has 1 radical (unpaired) electrons. The van der Waals surface area contributed by atoms with Crippen LogP contribution in [-0.4, -0.2) is 23.5 Å². The Hall–Kier alpha value is -1.79. The number of rotatable bonds is 2. The van der Waals surface area contributed by atoms with Crippen LogP contribution in [0.2, 0.25) is 0 Å². The van der Waals surface area contributed by atoms with Crippen molar-refractivity contribution in [3.8, 4) is 0 Å². The number of amides is 1. The Morgan fingerprint density at radius 3 is 2.67 bits per heavy atom. The fourth-order valence-electron chi connectivity index (χ4n) is 1.89. The van der Waals surface area contributed by atoms with Crippen LogP contribution < -0.4 is 10.6 Å². The first-order valence-corrected chi connectivity index (χ1v) is 5.32. The lowest BCUT2D eigenvalue weighted by Crippen LogP contribution is -2.41. The smallest absolute Gasteiger partial charge is 0.368 e. The predicted molar refractivity (Wildman–Crippen MR) is 58.5 cm³/mol. The van der Waals surface area contributed by atoms with Gasteiger partial charge in [0.25, 0.3) is 0 Å². The van der Waals surface area contributed by atoms with Gasteiger partial charge >= 0.3 is 6.18 Å². The van der Waals surface area contributed by atoms with E-state index in [1.54, 1.807) is 11.3 Å². The molecule has 2 N–H and O–H groups in total. The minimum Gasteiger partial charge on any atom is -0.368 e. The summed E-state index contributed by atoms with van der Waals surface area (Å²) >= 11 is 0. The Bertz CT molecular complexity index is 444. The van der Waals surface area contributed by atoms with E-state index in [9.17, 15) is 18.0 Å². The minimum absolute atomic E-state index is 0.320. The Morgan fingerprint density at radius 1 is 1.44 bits per heavy atom. The summed E-state index contributed by atoms with van der Waals surface area (Å²) in [5.74, 6) is -0.213. The maximum absolute atomic E-state index is 12.4. The molecule has 2 heterocycles. The van der Waals surface area contributed by atoms with Gasteiger partial charge in [0.05, 0.1) is 5.56 Å². The molecule has 4 nitrogen and oxygen atoms in total. The molecule has 1 amide bonds. The monoisotopic (exact) mass is 258 g/mol. The van der Waals surface area contributed by atoms with Gasteiger partial charge < -0.3 is 10.6 Å². The number of carbonyl (C=O) groups is 1. The maximum atomic E-state index is 12.4. The molecule has 7 heteroatoms. The van der Waals surface area contributed by atoms with E-state index in [0.717, 1.165) is 12.3 Å². The number of primary amides is 1. The average molecular weight is 258 g/mol. The molecule has 0 spiro atoms. The summed E-state index contributed by atoms with van der Waals surface area (Å²) in [5, 5.41) is 0. The highest BCUT2D eigenvalue weighted by Gasteiger charge is 2.33. The molecular formula is C11H11F3N3O. The molecule has 1 unspecified atom stereocenters. The Balaban J connectivity index is 2.22. The Morgan fingerprint density at radius 2 is 2.17 bits per heavy atom. The molecule has 0 bridgehead atoms. The highest BCUT2D eigenvalue weighted by Crippen LogP contribution is 2.30. The van der Waals surface area contributed by atoms with Crippen molar-refractivity contribution in [3.63, 3.8) is 0 Å². The minimum atomic E-state index is -4.41. The standard InChI is InChI=1S/C11H11F3N3O/c12-11(13,14)7-3-4-9(16-6-7)17-5-1-2-8(17)10(15)18/h2-4,6,8H,1,5H2,(H2,15,18). The van der Waals surface area contributed by atoms with Gasteiger partial charge in [-0.1, -0.05) is 0 Å². The zero-order valence-electron chi connectivity index (χ0n) is 9.31. The van der Waals surface area contributed by atoms with E-state index in [4.69, 9.17) is 5.73 Å². The number of alkyl halides is 3. The van der Waals surface area contributed by atoms with Crippen molar-refractivity contribution in [1.82, 2.24) is 4.98 Å². The first-order chi connectivity index (χ1) is 8.39. The number of nitrogens with two attached hydrogens (primary N) is 1. The molecule has 1 aliphatic heterocycles. The van der Waals surface area contributed by atoms with Gasteiger partial charge in [0, 0.05) is 12.7 Å². The maximum Gasteiger partial charge on any atom is 0.417 e. The summed E-state index contributed by atoms with van der Waals surface area (Å²) < 4.78 is 37.1. The van der Waals surface area contributed by atoms with E-state index >= 15 is 0 Å². The number of hydrogen-bond donors (Lipinski definition) is 1. The molecule has 1 saturated heterocycles. The van der Waals surface area contributed by atoms with Gasteiger partial charge in [-0.25, -0.2) is 4.98 Å². The lowest BCUT2D eigenvalue weighted by atomic mass is 10.2. The normalized spacial score (nSPS) is 20.2. The van der Waals surface area contributed by atoms with Crippen LogP contribution in [0.5, 0.6) is 0 Å². The number of anilines is 1. The zero-order valence-corrected chi connectivity index (χ0v) is 9.31. The highest BCUT2D eigenvalue weighted by atomic mass is 19.4. The molecule has 97 valence electrons. The Labute approximate surface area is 102 Å². The molecule has 1 atom stereocenters. The fraction of sp³-hybridized carbons (Fsp3) is 0.364. The van der Waals surface area contributed by atoms with Crippen LogP contribution in [0.4, 0.5) is 19.0 Å². The average Bonchev–Trinajstić information content (AvgIpc) is 2.77. The summed E-state index contributed by atoms with van der Waals surface area (Å²) in [7, 11) is 0. The third kappa shape index (κ3) is 2.39. The van der Waals surface area contributed by atoms with Gasteiger partial charge in [-0.15, -0.1) is 0 Å². The molecule has 0 saturated carbocycles. The number of hydrogen-bond acceptors (Lipinski definition) is 3. The van der Waals surface area contributed by atoms with E-state index in [0.29, 0.717) is 18.8 Å². The van der Waals surface area contributed by atoms with Crippen LogP contribution in [-0.2, 0) is 11.0 Å². The van der Waals surface area contributed by atoms with Gasteiger partial charge in [-0.2, -0.15) is 13.2 Å². The van der Waals surface area contributed by atoms with Crippen molar-refractivity contribution in [3.05, 3.63) is 30.3 Å². The van der Waals surface area contributed by atoms with Crippen LogP contribution in [0.15, 0.2) is 18.3 Å². The molecule has 1 aromatic rings. The molecule has 1 fully saturated rings. The predicted octanol–water partition coefficient (Wildman–Crippen LogP) is 1.37. The van der Waals surface area contributed by atoms with E-state index in [2.05, 4.69) is 4.98 Å². The molecule has 0 aliphatic carbocycles. The first-order valence-electron chi connectivity index (χ1n) is 5.32. The Kier molecular flexibility index (Phi) is 3.14. The second kappa shape index (κ2) is 4.47. The summed E-state index contributed by atoms with van der Waals surface area (Å²) in [6.45, 7) is 0.520. The lowest BCUT2D eigenvalue weighted by Gasteiger charge is -2.23. The third-order valence-corrected chi connectivity index (χ3v) is 2.76. The molecule has 18 heavy (non-hydrogen) atoms. The molecule has 2 rings (SSSR count). The SMILES string of the molecule is NC(=O)C1[CH]CCN1c1ccc(C(F)(F)F)cn1. The number of aromatic nitrogens is 1. The zero-order chi connectivity index (χ0) is 13.3. The first kappa shape index (κ1) is 12.7. The van der Waals surface area contributed by atoms with E-state index < -0.39 is 23.7 Å². The van der Waals surface area contributed by atoms with Crippen LogP contribution in [0.1, 0.15) is 12.0 Å². The van der Waals surface area contributed by atoms with Crippen molar-refractivity contribution in [2.75, 3.05) is 11.4 Å². The van der Waals surface area contributed by atoms with E-state index in [1.807, 2.05) is 0 Å². The highest BCUT2D eigenvalue weighted by molar-refractivity contribution is 5.85. The van der Waals surface area contributed by atoms with Crippen LogP contribution >= 0.6 is 0 Å².